The minimum atomic E-state index is -4.53. The maximum absolute atomic E-state index is 13.2. The van der Waals surface area contributed by atoms with Gasteiger partial charge in [-0.25, -0.2) is 12.4 Å². The number of aryl methyl sites for hydroxylation is 1. The molecule has 0 fully saturated rings. The van der Waals surface area contributed by atoms with Crippen LogP contribution in [0.15, 0.2) is 77.9 Å². The number of nitrogens with zero attached hydrogens (tertiary/aromatic N) is 2. The Hall–Kier alpha value is -3.33. The fourth-order valence-corrected chi connectivity index (χ4v) is 4.96. The normalized spacial score (nSPS) is 12.4. The highest BCUT2D eigenvalue weighted by Gasteiger charge is 2.31. The van der Waals surface area contributed by atoms with Gasteiger partial charge in [-0.2, -0.15) is 13.2 Å². The highest BCUT2D eigenvalue weighted by atomic mass is 32.2. The van der Waals surface area contributed by atoms with Gasteiger partial charge < -0.3 is 4.57 Å². The van der Waals surface area contributed by atoms with E-state index in [9.17, 15) is 26.4 Å². The summed E-state index contributed by atoms with van der Waals surface area (Å²) in [4.78, 5) is 12.8. The Balaban J connectivity index is 1.92. The van der Waals surface area contributed by atoms with Crippen LogP contribution in [0.4, 0.5) is 13.2 Å². The van der Waals surface area contributed by atoms with E-state index in [1.165, 1.54) is 42.2 Å². The molecule has 0 bridgehead atoms. The average molecular weight is 446 g/mol. The molecule has 0 radical (unpaired) electrons. The molecule has 0 saturated heterocycles. The Kier molecular flexibility index (Phi) is 5.01. The molecule has 0 aliphatic carbocycles. The quantitative estimate of drug-likeness (QED) is 0.467. The maximum atomic E-state index is 13.2. The van der Waals surface area contributed by atoms with Crippen LogP contribution in [0.2, 0.25) is 0 Å². The molecule has 0 saturated carbocycles. The van der Waals surface area contributed by atoms with E-state index < -0.39 is 27.3 Å². The fourth-order valence-electron chi connectivity index (χ4n) is 3.51. The lowest BCUT2D eigenvalue weighted by Crippen LogP contribution is -2.23. The van der Waals surface area contributed by atoms with Crippen LogP contribution in [0.5, 0.6) is 0 Å². The topological polar surface area (TPSA) is 61.1 Å². The molecule has 0 aliphatic rings. The number of halogens is 3. The molecule has 2 aromatic heterocycles. The number of hydrogen-bond donors (Lipinski definition) is 0. The van der Waals surface area contributed by atoms with Crippen LogP contribution in [0.1, 0.15) is 11.1 Å². The van der Waals surface area contributed by atoms with E-state index in [0.29, 0.717) is 11.1 Å². The van der Waals surface area contributed by atoms with Crippen LogP contribution in [-0.4, -0.2) is 17.0 Å². The Morgan fingerprint density at radius 2 is 1.68 bits per heavy atom. The van der Waals surface area contributed by atoms with Gasteiger partial charge in [-0.05, 0) is 29.3 Å². The molecule has 4 rings (SSSR count). The van der Waals surface area contributed by atoms with Crippen molar-refractivity contribution >= 4 is 20.9 Å². The summed E-state index contributed by atoms with van der Waals surface area (Å²) >= 11 is 0. The van der Waals surface area contributed by atoms with Crippen molar-refractivity contribution in [1.29, 1.82) is 0 Å². The highest BCUT2D eigenvalue weighted by Crippen LogP contribution is 2.34. The SMILES string of the molecule is Cn1cc(-c2cccc(C(F)(F)F)c2)c2ccn(S(=O)(=O)Cc3ccccc3)c2c1=O. The van der Waals surface area contributed by atoms with Gasteiger partial charge in [0.05, 0.1) is 11.3 Å². The van der Waals surface area contributed by atoms with Crippen LogP contribution < -0.4 is 5.56 Å². The lowest BCUT2D eigenvalue weighted by molar-refractivity contribution is -0.137. The number of benzene rings is 2. The Morgan fingerprint density at radius 3 is 2.35 bits per heavy atom. The molecular weight excluding hydrogens is 429 g/mol. The maximum Gasteiger partial charge on any atom is 0.416 e. The van der Waals surface area contributed by atoms with Gasteiger partial charge in [-0.1, -0.05) is 42.5 Å². The molecule has 2 heterocycles. The summed E-state index contributed by atoms with van der Waals surface area (Å²) in [6.07, 6.45) is -1.85. The third kappa shape index (κ3) is 3.88. The summed E-state index contributed by atoms with van der Waals surface area (Å²) in [5.74, 6) is -0.325. The van der Waals surface area contributed by atoms with E-state index in [1.54, 1.807) is 30.3 Å². The number of alkyl halides is 3. The van der Waals surface area contributed by atoms with Gasteiger partial charge in [0.25, 0.3) is 5.56 Å². The van der Waals surface area contributed by atoms with Crippen LogP contribution in [0.25, 0.3) is 22.0 Å². The van der Waals surface area contributed by atoms with Crippen LogP contribution in [0, 0.1) is 0 Å². The molecule has 5 nitrogen and oxygen atoms in total. The molecule has 4 aromatic rings. The van der Waals surface area contributed by atoms with Crippen molar-refractivity contribution in [2.75, 3.05) is 0 Å². The second-order valence-corrected chi connectivity index (χ2v) is 9.00. The zero-order valence-electron chi connectivity index (χ0n) is 16.3. The zero-order chi connectivity index (χ0) is 22.4. The first kappa shape index (κ1) is 20.9. The zero-order valence-corrected chi connectivity index (χ0v) is 17.1. The Morgan fingerprint density at radius 1 is 0.968 bits per heavy atom. The van der Waals surface area contributed by atoms with Crippen LogP contribution in [-0.2, 0) is 29.0 Å². The first-order chi connectivity index (χ1) is 14.6. The van der Waals surface area contributed by atoms with Gasteiger partial charge in [0.15, 0.2) is 0 Å². The van der Waals surface area contributed by atoms with Gasteiger partial charge >= 0.3 is 6.18 Å². The van der Waals surface area contributed by atoms with Crippen molar-refractivity contribution in [3.05, 3.63) is 94.5 Å². The summed E-state index contributed by atoms with van der Waals surface area (Å²) in [5.41, 5.74) is -0.385. The minimum Gasteiger partial charge on any atom is -0.316 e. The highest BCUT2D eigenvalue weighted by molar-refractivity contribution is 7.89. The lowest BCUT2D eigenvalue weighted by atomic mass is 10.0. The molecule has 0 aliphatic heterocycles. The molecular formula is C22H17F3N2O3S. The number of hydrogen-bond acceptors (Lipinski definition) is 3. The lowest BCUT2D eigenvalue weighted by Gasteiger charge is -2.12. The van der Waals surface area contributed by atoms with E-state index >= 15 is 0 Å². The monoisotopic (exact) mass is 446 g/mol. The third-order valence-corrected chi connectivity index (χ3v) is 6.58. The summed E-state index contributed by atoms with van der Waals surface area (Å²) in [7, 11) is -2.51. The number of fused-ring (bicyclic) bond motifs is 1. The Labute approximate surface area is 176 Å². The molecule has 0 unspecified atom stereocenters. The third-order valence-electron chi connectivity index (χ3n) is 4.98. The van der Waals surface area contributed by atoms with Gasteiger partial charge in [-0.3, -0.25) is 4.79 Å². The van der Waals surface area contributed by atoms with Crippen molar-refractivity contribution in [3.8, 4) is 11.1 Å². The van der Waals surface area contributed by atoms with Crippen LogP contribution >= 0.6 is 0 Å². The van der Waals surface area contributed by atoms with E-state index in [0.717, 1.165) is 16.1 Å². The van der Waals surface area contributed by atoms with Gasteiger partial charge in [0, 0.05) is 30.4 Å². The number of rotatable bonds is 4. The first-order valence-electron chi connectivity index (χ1n) is 9.23. The number of aromatic nitrogens is 2. The van der Waals surface area contributed by atoms with Crippen molar-refractivity contribution in [3.63, 3.8) is 0 Å². The van der Waals surface area contributed by atoms with E-state index in [1.807, 2.05) is 0 Å². The van der Waals surface area contributed by atoms with Crippen molar-refractivity contribution in [2.45, 2.75) is 11.9 Å². The fraction of sp³-hybridized carbons (Fsp3) is 0.136. The second kappa shape index (κ2) is 7.42. The predicted octanol–water partition coefficient (Wildman–Crippen LogP) is 4.40. The van der Waals surface area contributed by atoms with E-state index in [2.05, 4.69) is 0 Å². The largest absolute Gasteiger partial charge is 0.416 e. The van der Waals surface area contributed by atoms with Gasteiger partial charge in [-0.15, -0.1) is 0 Å². The summed E-state index contributed by atoms with van der Waals surface area (Å²) in [6.45, 7) is 0. The van der Waals surface area contributed by atoms with Crippen molar-refractivity contribution < 1.29 is 21.6 Å². The summed E-state index contributed by atoms with van der Waals surface area (Å²) < 4.78 is 67.7. The first-order valence-corrected chi connectivity index (χ1v) is 10.8. The standard InChI is InChI=1S/C22H17F3N2O3S/c1-26-13-19(16-8-5-9-17(12-16)22(23,24)25)18-10-11-27(20(18)21(26)28)31(29,30)14-15-6-3-2-4-7-15/h2-13H,14H2,1H3. The number of pyridine rings is 1. The molecule has 0 N–H and O–H groups in total. The van der Waals surface area contributed by atoms with Crippen molar-refractivity contribution in [1.82, 2.24) is 8.54 Å². The molecule has 0 atom stereocenters. The minimum absolute atomic E-state index is 0.103. The smallest absolute Gasteiger partial charge is 0.316 e. The van der Waals surface area contributed by atoms with E-state index in [4.69, 9.17) is 0 Å². The Bertz CT molecular complexity index is 1440. The van der Waals surface area contributed by atoms with Crippen LogP contribution in [0.3, 0.4) is 0 Å². The average Bonchev–Trinajstić information content (AvgIpc) is 3.17. The molecule has 0 spiro atoms. The molecule has 160 valence electrons. The predicted molar refractivity (Wildman–Crippen MR) is 112 cm³/mol. The molecule has 2 aromatic carbocycles. The summed E-state index contributed by atoms with van der Waals surface area (Å²) in [5, 5.41) is 0.263. The molecule has 0 amide bonds. The molecule has 9 heteroatoms. The molecule has 31 heavy (non-hydrogen) atoms. The van der Waals surface area contributed by atoms with Gasteiger partial charge in [0.1, 0.15) is 5.52 Å². The van der Waals surface area contributed by atoms with Crippen molar-refractivity contribution in [2.24, 2.45) is 7.05 Å². The van der Waals surface area contributed by atoms with E-state index in [-0.39, 0.29) is 22.2 Å². The summed E-state index contributed by atoms with van der Waals surface area (Å²) in [6, 6.07) is 14.7. The van der Waals surface area contributed by atoms with Gasteiger partial charge in [0.2, 0.25) is 10.0 Å². The second-order valence-electron chi connectivity index (χ2n) is 7.15.